The number of methoxy groups -OCH3 is 1. The molecule has 212 valence electrons. The summed E-state index contributed by atoms with van der Waals surface area (Å²) >= 11 is 0. The lowest BCUT2D eigenvalue weighted by molar-refractivity contribution is -0.122. The molecule has 0 saturated carbocycles. The van der Waals surface area contributed by atoms with Gasteiger partial charge in [-0.2, -0.15) is 9.97 Å². The second-order valence-corrected chi connectivity index (χ2v) is 11.0. The van der Waals surface area contributed by atoms with E-state index < -0.39 is 5.60 Å². The van der Waals surface area contributed by atoms with Crippen molar-refractivity contribution in [1.82, 2.24) is 34.0 Å². The summed E-state index contributed by atoms with van der Waals surface area (Å²) in [6, 6.07) is 8.08. The van der Waals surface area contributed by atoms with Crippen LogP contribution < -0.4 is 10.6 Å². The van der Waals surface area contributed by atoms with Crippen LogP contribution in [0.2, 0.25) is 0 Å². The molecule has 0 radical (unpaired) electrons. The average molecular weight is 548 g/mol. The summed E-state index contributed by atoms with van der Waals surface area (Å²) in [6.07, 6.45) is 1.63. The minimum atomic E-state index is -0.712. The molecule has 1 aromatic carbocycles. The SMILES string of the molecule is COC1(c2nc3c(N4CCOCC4)nc(-n4c(C(C)C)nc5ccccc54)nc3n2C)CCCN(CC(N)=O)C1. The van der Waals surface area contributed by atoms with Crippen molar-refractivity contribution in [2.24, 2.45) is 12.8 Å². The molecule has 40 heavy (non-hydrogen) atoms. The Bertz CT molecular complexity index is 1560. The number of hydrogen-bond donors (Lipinski definition) is 1. The molecule has 3 aromatic heterocycles. The van der Waals surface area contributed by atoms with Crippen molar-refractivity contribution in [3.63, 3.8) is 0 Å². The first-order valence-corrected chi connectivity index (χ1v) is 13.9. The molecule has 2 aliphatic rings. The number of piperidine rings is 1. The van der Waals surface area contributed by atoms with E-state index in [1.165, 1.54) is 0 Å². The summed E-state index contributed by atoms with van der Waals surface area (Å²) in [5.41, 5.74) is 8.14. The number of para-hydroxylation sites is 2. The zero-order valence-corrected chi connectivity index (χ0v) is 23.6. The van der Waals surface area contributed by atoms with E-state index >= 15 is 0 Å². The summed E-state index contributed by atoms with van der Waals surface area (Å²) < 4.78 is 16.0. The van der Waals surface area contributed by atoms with Crippen LogP contribution in [-0.4, -0.2) is 92.9 Å². The average Bonchev–Trinajstić information content (AvgIpc) is 3.51. The first kappa shape index (κ1) is 26.6. The third kappa shape index (κ3) is 4.49. The summed E-state index contributed by atoms with van der Waals surface area (Å²) in [5.74, 6) is 2.81. The quantitative estimate of drug-likeness (QED) is 0.370. The van der Waals surface area contributed by atoms with Crippen LogP contribution in [0.15, 0.2) is 24.3 Å². The molecule has 4 aromatic rings. The number of carbonyl (C=O) groups is 1. The summed E-state index contributed by atoms with van der Waals surface area (Å²) in [6.45, 7) is 8.40. The monoisotopic (exact) mass is 547 g/mol. The predicted molar refractivity (Wildman–Crippen MR) is 152 cm³/mol. The lowest BCUT2D eigenvalue weighted by atomic mass is 9.91. The number of benzene rings is 1. The van der Waals surface area contributed by atoms with E-state index in [9.17, 15) is 4.79 Å². The van der Waals surface area contributed by atoms with Gasteiger partial charge < -0.3 is 24.7 Å². The van der Waals surface area contributed by atoms with Crippen LogP contribution in [0.1, 0.15) is 44.3 Å². The molecule has 5 heterocycles. The number of primary amides is 1. The molecular formula is C28H37N9O3. The van der Waals surface area contributed by atoms with Gasteiger partial charge in [0.15, 0.2) is 17.0 Å². The molecule has 2 fully saturated rings. The Hall–Kier alpha value is -3.61. The van der Waals surface area contributed by atoms with E-state index in [0.29, 0.717) is 38.8 Å². The van der Waals surface area contributed by atoms with E-state index in [1.807, 2.05) is 34.7 Å². The normalized spacial score (nSPS) is 20.7. The topological polar surface area (TPSA) is 129 Å². The standard InChI is InChI=1S/C28H37N9O3/c1-18(2)23-30-19-8-5-6-9-20(19)37(23)27-32-24-22(25(33-27)36-12-14-40-15-13-36)31-26(34(24)3)28(39-4)10-7-11-35(17-28)16-21(29)38/h5-6,8-9,18H,7,10-17H2,1-4H3,(H2,29,38). The highest BCUT2D eigenvalue weighted by Gasteiger charge is 2.42. The Morgan fingerprint density at radius 1 is 1.12 bits per heavy atom. The van der Waals surface area contributed by atoms with Gasteiger partial charge in [0.2, 0.25) is 11.9 Å². The van der Waals surface area contributed by atoms with Gasteiger partial charge in [0, 0.05) is 39.7 Å². The molecule has 1 unspecified atom stereocenters. The first-order valence-electron chi connectivity index (χ1n) is 13.9. The van der Waals surface area contributed by atoms with Crippen LogP contribution in [0.25, 0.3) is 28.1 Å². The number of aromatic nitrogens is 6. The fourth-order valence-corrected chi connectivity index (χ4v) is 6.08. The molecule has 6 rings (SSSR count). The third-order valence-corrected chi connectivity index (χ3v) is 8.01. The van der Waals surface area contributed by atoms with Gasteiger partial charge in [-0.05, 0) is 31.5 Å². The highest BCUT2D eigenvalue weighted by atomic mass is 16.5. The lowest BCUT2D eigenvalue weighted by Gasteiger charge is -2.40. The van der Waals surface area contributed by atoms with Crippen molar-refractivity contribution in [2.75, 3.05) is 57.9 Å². The van der Waals surface area contributed by atoms with E-state index in [1.54, 1.807) is 7.11 Å². The Morgan fingerprint density at radius 2 is 1.90 bits per heavy atom. The zero-order chi connectivity index (χ0) is 28.0. The Morgan fingerprint density at radius 3 is 2.62 bits per heavy atom. The zero-order valence-electron chi connectivity index (χ0n) is 23.6. The van der Waals surface area contributed by atoms with Crippen LogP contribution in [0.5, 0.6) is 0 Å². The van der Waals surface area contributed by atoms with Crippen molar-refractivity contribution in [1.29, 1.82) is 0 Å². The van der Waals surface area contributed by atoms with Gasteiger partial charge in [-0.1, -0.05) is 26.0 Å². The van der Waals surface area contributed by atoms with Gasteiger partial charge in [-0.15, -0.1) is 0 Å². The highest BCUT2D eigenvalue weighted by Crippen LogP contribution is 2.37. The number of imidazole rings is 2. The lowest BCUT2D eigenvalue weighted by Crippen LogP contribution is -2.50. The third-order valence-electron chi connectivity index (χ3n) is 8.01. The predicted octanol–water partition coefficient (Wildman–Crippen LogP) is 2.09. The molecule has 2 N–H and O–H groups in total. The van der Waals surface area contributed by atoms with Crippen LogP contribution in [0.4, 0.5) is 5.82 Å². The van der Waals surface area contributed by atoms with Crippen molar-refractivity contribution in [2.45, 2.75) is 38.2 Å². The number of likely N-dealkylation sites (tertiary alicyclic amines) is 1. The number of nitrogens with two attached hydrogens (primary N) is 1. The molecule has 2 saturated heterocycles. The molecule has 12 nitrogen and oxygen atoms in total. The number of anilines is 1. The van der Waals surface area contributed by atoms with E-state index in [2.05, 4.69) is 29.4 Å². The Labute approximate surface area is 233 Å². The van der Waals surface area contributed by atoms with Gasteiger partial charge in [-0.25, -0.2) is 9.97 Å². The first-order chi connectivity index (χ1) is 19.3. The van der Waals surface area contributed by atoms with Crippen molar-refractivity contribution >= 4 is 33.9 Å². The number of amides is 1. The van der Waals surface area contributed by atoms with Crippen LogP contribution in [-0.2, 0) is 26.9 Å². The van der Waals surface area contributed by atoms with Gasteiger partial charge in [0.25, 0.3) is 0 Å². The molecule has 0 bridgehead atoms. The van der Waals surface area contributed by atoms with Crippen LogP contribution in [0.3, 0.4) is 0 Å². The van der Waals surface area contributed by atoms with E-state index in [-0.39, 0.29) is 18.4 Å². The second kappa shape index (κ2) is 10.4. The van der Waals surface area contributed by atoms with E-state index in [4.69, 9.17) is 35.1 Å². The number of fused-ring (bicyclic) bond motifs is 2. The maximum Gasteiger partial charge on any atom is 0.239 e. The summed E-state index contributed by atoms with van der Waals surface area (Å²) in [4.78, 5) is 36.4. The number of nitrogens with zero attached hydrogens (tertiary/aromatic N) is 8. The van der Waals surface area contributed by atoms with Gasteiger partial charge >= 0.3 is 0 Å². The van der Waals surface area contributed by atoms with E-state index in [0.717, 1.165) is 59.1 Å². The maximum atomic E-state index is 11.7. The minimum Gasteiger partial charge on any atom is -0.378 e. The van der Waals surface area contributed by atoms with Crippen molar-refractivity contribution in [3.05, 3.63) is 35.9 Å². The fourth-order valence-electron chi connectivity index (χ4n) is 6.08. The van der Waals surface area contributed by atoms with Gasteiger partial charge in [0.1, 0.15) is 17.2 Å². The number of rotatable bonds is 7. The number of carbonyl (C=O) groups excluding carboxylic acids is 1. The summed E-state index contributed by atoms with van der Waals surface area (Å²) in [7, 11) is 3.69. The number of hydrogen-bond acceptors (Lipinski definition) is 9. The maximum absolute atomic E-state index is 11.7. The largest absolute Gasteiger partial charge is 0.378 e. The van der Waals surface area contributed by atoms with Crippen LogP contribution >= 0.6 is 0 Å². The molecule has 1 atom stereocenters. The van der Waals surface area contributed by atoms with Crippen molar-refractivity contribution in [3.8, 4) is 5.95 Å². The smallest absolute Gasteiger partial charge is 0.239 e. The number of ether oxygens (including phenoxy) is 2. The molecular weight excluding hydrogens is 510 g/mol. The fraction of sp³-hybridized carbons (Fsp3) is 0.536. The van der Waals surface area contributed by atoms with Gasteiger partial charge in [0.05, 0.1) is 30.8 Å². The number of aryl methyl sites for hydroxylation is 1. The molecule has 0 aliphatic carbocycles. The Kier molecular flexibility index (Phi) is 6.93. The van der Waals surface area contributed by atoms with Crippen molar-refractivity contribution < 1.29 is 14.3 Å². The Balaban J connectivity index is 1.57. The summed E-state index contributed by atoms with van der Waals surface area (Å²) in [5, 5.41) is 0. The van der Waals surface area contributed by atoms with Crippen LogP contribution in [0, 0.1) is 0 Å². The molecule has 1 amide bonds. The van der Waals surface area contributed by atoms with Gasteiger partial charge in [-0.3, -0.25) is 14.3 Å². The highest BCUT2D eigenvalue weighted by molar-refractivity contribution is 5.86. The number of morpholine rings is 1. The molecule has 2 aliphatic heterocycles. The second-order valence-electron chi connectivity index (χ2n) is 11.0. The minimum absolute atomic E-state index is 0.163. The molecule has 0 spiro atoms. The molecule has 12 heteroatoms.